The van der Waals surface area contributed by atoms with Crippen molar-refractivity contribution in [3.8, 4) is 0 Å². The van der Waals surface area contributed by atoms with Crippen LogP contribution in [0.1, 0.15) is 26.7 Å². The monoisotopic (exact) mass is 153 g/mol. The van der Waals surface area contributed by atoms with Crippen molar-refractivity contribution in [2.75, 3.05) is 6.54 Å². The van der Waals surface area contributed by atoms with Crippen molar-refractivity contribution in [1.82, 2.24) is 0 Å². The van der Waals surface area contributed by atoms with Gasteiger partial charge in [-0.15, -0.1) is 6.58 Å². The maximum absolute atomic E-state index is 5.50. The zero-order valence-electron chi connectivity index (χ0n) is 7.69. The molecule has 0 saturated heterocycles. The fraction of sp³-hybridized carbons (Fsp3) is 0.600. The van der Waals surface area contributed by atoms with E-state index in [2.05, 4.69) is 20.1 Å². The lowest BCUT2D eigenvalue weighted by atomic mass is 9.97. The average molecular weight is 153 g/mol. The molecule has 0 unspecified atom stereocenters. The van der Waals surface area contributed by atoms with E-state index in [1.165, 1.54) is 11.1 Å². The van der Waals surface area contributed by atoms with Gasteiger partial charge in [0.2, 0.25) is 0 Å². The summed E-state index contributed by atoms with van der Waals surface area (Å²) in [6.07, 6.45) is 2.08. The lowest BCUT2D eigenvalue weighted by Gasteiger charge is -2.11. The maximum atomic E-state index is 5.50. The normalized spacial score (nSPS) is 12.6. The van der Waals surface area contributed by atoms with Gasteiger partial charge in [0.25, 0.3) is 0 Å². The summed E-state index contributed by atoms with van der Waals surface area (Å²) in [6, 6.07) is 0. The topological polar surface area (TPSA) is 26.0 Å². The SMILES string of the molecule is C=C(C)CCC(=C)[C@@H](C)CN. The quantitative estimate of drug-likeness (QED) is 0.603. The Morgan fingerprint density at radius 2 is 1.91 bits per heavy atom. The summed E-state index contributed by atoms with van der Waals surface area (Å²) in [4.78, 5) is 0. The molecule has 0 amide bonds. The molecular formula is C10H19N. The van der Waals surface area contributed by atoms with E-state index in [1.54, 1.807) is 0 Å². The molecule has 0 spiro atoms. The predicted molar refractivity (Wildman–Crippen MR) is 51.4 cm³/mol. The van der Waals surface area contributed by atoms with Crippen LogP contribution in [0.2, 0.25) is 0 Å². The molecule has 0 aromatic carbocycles. The molecule has 64 valence electrons. The minimum absolute atomic E-state index is 0.453. The van der Waals surface area contributed by atoms with Crippen molar-refractivity contribution in [3.63, 3.8) is 0 Å². The van der Waals surface area contributed by atoms with Crippen LogP contribution in [-0.2, 0) is 0 Å². The number of rotatable bonds is 5. The summed E-state index contributed by atoms with van der Waals surface area (Å²) in [6.45, 7) is 12.7. The van der Waals surface area contributed by atoms with Gasteiger partial charge in [-0.2, -0.15) is 0 Å². The van der Waals surface area contributed by atoms with Crippen molar-refractivity contribution in [2.45, 2.75) is 26.7 Å². The lowest BCUT2D eigenvalue weighted by molar-refractivity contribution is 0.657. The molecule has 1 atom stereocenters. The summed E-state index contributed by atoms with van der Waals surface area (Å²) in [5, 5.41) is 0. The molecule has 0 radical (unpaired) electrons. The van der Waals surface area contributed by atoms with Crippen molar-refractivity contribution in [2.24, 2.45) is 11.7 Å². The first kappa shape index (κ1) is 10.4. The van der Waals surface area contributed by atoms with E-state index in [9.17, 15) is 0 Å². The van der Waals surface area contributed by atoms with E-state index < -0.39 is 0 Å². The molecule has 11 heavy (non-hydrogen) atoms. The van der Waals surface area contributed by atoms with Crippen molar-refractivity contribution in [3.05, 3.63) is 24.3 Å². The third-order valence-corrected chi connectivity index (χ3v) is 1.92. The van der Waals surface area contributed by atoms with Gasteiger partial charge in [0.05, 0.1) is 0 Å². The molecule has 0 fully saturated rings. The van der Waals surface area contributed by atoms with E-state index >= 15 is 0 Å². The van der Waals surface area contributed by atoms with Gasteiger partial charge in [0, 0.05) is 0 Å². The van der Waals surface area contributed by atoms with E-state index in [0.717, 1.165) is 12.8 Å². The summed E-state index contributed by atoms with van der Waals surface area (Å²) in [7, 11) is 0. The Morgan fingerprint density at radius 3 is 2.27 bits per heavy atom. The highest BCUT2D eigenvalue weighted by molar-refractivity contribution is 5.03. The van der Waals surface area contributed by atoms with Gasteiger partial charge in [0.1, 0.15) is 0 Å². The summed E-state index contributed by atoms with van der Waals surface area (Å²) in [5.41, 5.74) is 7.96. The minimum Gasteiger partial charge on any atom is -0.330 e. The van der Waals surface area contributed by atoms with Crippen molar-refractivity contribution >= 4 is 0 Å². The largest absolute Gasteiger partial charge is 0.330 e. The molecule has 2 N–H and O–H groups in total. The smallest absolute Gasteiger partial charge is 0.00143 e. The van der Waals surface area contributed by atoms with Crippen LogP contribution in [0.3, 0.4) is 0 Å². The Kier molecular flexibility index (Phi) is 4.88. The molecule has 0 aliphatic rings. The molecule has 0 aliphatic heterocycles. The van der Waals surface area contributed by atoms with Crippen LogP contribution in [0, 0.1) is 5.92 Å². The number of allylic oxidation sites excluding steroid dienone is 1. The van der Waals surface area contributed by atoms with Crippen LogP contribution in [0.4, 0.5) is 0 Å². The molecule has 0 aromatic heterocycles. The first-order valence-electron chi connectivity index (χ1n) is 4.10. The molecular weight excluding hydrogens is 134 g/mol. The molecule has 0 aromatic rings. The van der Waals surface area contributed by atoms with Crippen LogP contribution >= 0.6 is 0 Å². The maximum Gasteiger partial charge on any atom is -0.00143 e. The van der Waals surface area contributed by atoms with Gasteiger partial charge in [-0.3, -0.25) is 0 Å². The van der Waals surface area contributed by atoms with E-state index in [0.29, 0.717) is 12.5 Å². The van der Waals surface area contributed by atoms with Crippen molar-refractivity contribution in [1.29, 1.82) is 0 Å². The van der Waals surface area contributed by atoms with Gasteiger partial charge in [-0.1, -0.05) is 24.6 Å². The predicted octanol–water partition coefficient (Wildman–Crippen LogP) is 2.49. The third kappa shape index (κ3) is 4.79. The Morgan fingerprint density at radius 1 is 1.36 bits per heavy atom. The molecule has 0 aliphatic carbocycles. The first-order valence-corrected chi connectivity index (χ1v) is 4.10. The van der Waals surface area contributed by atoms with E-state index in [-0.39, 0.29) is 0 Å². The van der Waals surface area contributed by atoms with Gasteiger partial charge in [0.15, 0.2) is 0 Å². The second-order valence-corrected chi connectivity index (χ2v) is 3.25. The van der Waals surface area contributed by atoms with Gasteiger partial charge < -0.3 is 5.73 Å². The minimum atomic E-state index is 0.453. The van der Waals surface area contributed by atoms with Gasteiger partial charge in [-0.05, 0) is 32.2 Å². The highest BCUT2D eigenvalue weighted by Crippen LogP contribution is 2.15. The molecule has 1 heteroatoms. The highest BCUT2D eigenvalue weighted by atomic mass is 14.5. The Bertz CT molecular complexity index is 147. The fourth-order valence-corrected chi connectivity index (χ4v) is 0.787. The summed E-state index contributed by atoms with van der Waals surface area (Å²) >= 11 is 0. The van der Waals surface area contributed by atoms with E-state index in [4.69, 9.17) is 5.73 Å². The van der Waals surface area contributed by atoms with Crippen LogP contribution in [0.25, 0.3) is 0 Å². The van der Waals surface area contributed by atoms with Crippen LogP contribution in [-0.4, -0.2) is 6.54 Å². The average Bonchev–Trinajstić information content (AvgIpc) is 1.98. The van der Waals surface area contributed by atoms with Crippen LogP contribution in [0.15, 0.2) is 24.3 Å². The number of hydrogen-bond donors (Lipinski definition) is 1. The molecule has 0 rings (SSSR count). The van der Waals surface area contributed by atoms with Gasteiger partial charge >= 0.3 is 0 Å². The van der Waals surface area contributed by atoms with E-state index in [1.807, 2.05) is 6.92 Å². The van der Waals surface area contributed by atoms with Crippen LogP contribution in [0.5, 0.6) is 0 Å². The van der Waals surface area contributed by atoms with Gasteiger partial charge in [-0.25, -0.2) is 0 Å². The third-order valence-electron chi connectivity index (χ3n) is 1.92. The number of hydrogen-bond acceptors (Lipinski definition) is 1. The Hall–Kier alpha value is -0.560. The zero-order valence-corrected chi connectivity index (χ0v) is 7.69. The summed E-state index contributed by atoms with van der Waals surface area (Å²) < 4.78 is 0. The second-order valence-electron chi connectivity index (χ2n) is 3.25. The van der Waals surface area contributed by atoms with Crippen LogP contribution < -0.4 is 5.73 Å². The Labute approximate surface area is 70.0 Å². The highest BCUT2D eigenvalue weighted by Gasteiger charge is 2.03. The number of nitrogens with two attached hydrogens (primary N) is 1. The molecule has 0 heterocycles. The summed E-state index contributed by atoms with van der Waals surface area (Å²) in [5.74, 6) is 0.453. The second kappa shape index (κ2) is 5.14. The Balaban J connectivity index is 3.60. The molecule has 0 bridgehead atoms. The zero-order chi connectivity index (χ0) is 8.85. The first-order chi connectivity index (χ1) is 5.07. The molecule has 1 nitrogen and oxygen atoms in total. The molecule has 0 saturated carbocycles. The van der Waals surface area contributed by atoms with Crippen molar-refractivity contribution < 1.29 is 0 Å². The standard InChI is InChI=1S/C10H19N/c1-8(2)5-6-9(3)10(4)7-11/h10H,1,3,5-7,11H2,2,4H3/t10-/m0/s1. The lowest BCUT2D eigenvalue weighted by Crippen LogP contribution is -2.12. The fourth-order valence-electron chi connectivity index (χ4n) is 0.787.